The summed E-state index contributed by atoms with van der Waals surface area (Å²) < 4.78 is 0. The fraction of sp³-hybridized carbons (Fsp3) is 0.773. The lowest BCUT2D eigenvalue weighted by Gasteiger charge is -2.25. The van der Waals surface area contributed by atoms with E-state index in [0.717, 1.165) is 6.42 Å². The van der Waals surface area contributed by atoms with Crippen LogP contribution in [-0.2, 0) is 24.0 Å². The minimum atomic E-state index is -1.21. The number of nitrogens with one attached hydrogen (secondary N) is 4. The van der Waals surface area contributed by atoms with Crippen molar-refractivity contribution in [3.05, 3.63) is 0 Å². The number of carbonyl (C=O) groups is 5. The number of rotatable bonds is 19. The molecule has 35 heavy (non-hydrogen) atoms. The highest BCUT2D eigenvalue weighted by molar-refractivity contribution is 5.94. The number of carboxylic acid groups (broad SMARTS) is 1. The Kier molecular flexibility index (Phi) is 17.1. The molecule has 11 N–H and O–H groups in total. The Morgan fingerprint density at radius 3 is 1.86 bits per heavy atom. The summed E-state index contributed by atoms with van der Waals surface area (Å²) in [6.07, 6.45) is 3.65. The van der Waals surface area contributed by atoms with Gasteiger partial charge in [-0.15, -0.1) is 0 Å². The van der Waals surface area contributed by atoms with E-state index in [1.54, 1.807) is 0 Å². The zero-order valence-electron chi connectivity index (χ0n) is 20.8. The molecule has 4 amide bonds. The number of hydrogen-bond donors (Lipinski definition) is 8. The van der Waals surface area contributed by atoms with E-state index >= 15 is 0 Å². The minimum Gasteiger partial charge on any atom is -0.480 e. The summed E-state index contributed by atoms with van der Waals surface area (Å²) in [4.78, 5) is 60.5. The summed E-state index contributed by atoms with van der Waals surface area (Å²) in [6.45, 7) is 3.69. The van der Waals surface area contributed by atoms with Crippen LogP contribution in [0.3, 0.4) is 0 Å². The maximum Gasteiger partial charge on any atom is 0.322 e. The molecule has 202 valence electrons. The van der Waals surface area contributed by atoms with Crippen molar-refractivity contribution in [2.24, 2.45) is 23.1 Å². The Balaban J connectivity index is 5.19. The second-order valence-corrected chi connectivity index (χ2v) is 8.82. The normalized spacial score (nSPS) is 13.4. The van der Waals surface area contributed by atoms with Crippen LogP contribution in [0.5, 0.6) is 0 Å². The molecular weight excluding hydrogens is 458 g/mol. The van der Waals surface area contributed by atoms with E-state index in [2.05, 4.69) is 21.3 Å². The monoisotopic (exact) mass is 501 g/mol. The molecule has 0 rings (SSSR count). The second kappa shape index (κ2) is 18.5. The third-order valence-corrected chi connectivity index (χ3v) is 5.09. The molecule has 0 aliphatic rings. The molecule has 0 aromatic carbocycles. The molecule has 0 fully saturated rings. The third kappa shape index (κ3) is 15.7. The largest absolute Gasteiger partial charge is 0.480 e. The summed E-state index contributed by atoms with van der Waals surface area (Å²) in [6, 6.07) is -2.64. The van der Waals surface area contributed by atoms with Crippen LogP contribution in [0.2, 0.25) is 0 Å². The van der Waals surface area contributed by atoms with Gasteiger partial charge in [-0.3, -0.25) is 24.0 Å². The molecule has 0 heterocycles. The predicted molar refractivity (Wildman–Crippen MR) is 131 cm³/mol. The highest BCUT2D eigenvalue weighted by Crippen LogP contribution is 2.08. The lowest BCUT2D eigenvalue weighted by molar-refractivity contribution is -0.138. The minimum absolute atomic E-state index is 0.0713. The highest BCUT2D eigenvalue weighted by Gasteiger charge is 2.28. The average Bonchev–Trinajstić information content (AvgIpc) is 2.79. The van der Waals surface area contributed by atoms with Gasteiger partial charge in [0.05, 0.1) is 12.6 Å². The lowest BCUT2D eigenvalue weighted by Crippen LogP contribution is -2.56. The number of amides is 4. The first-order valence-electron chi connectivity index (χ1n) is 12.0. The zero-order valence-corrected chi connectivity index (χ0v) is 20.8. The molecule has 0 bridgehead atoms. The van der Waals surface area contributed by atoms with E-state index in [9.17, 15) is 24.0 Å². The SMILES string of the molecule is CC(C)C[C@H](NC(=O)[C@@H](N)CCCCN)C(=O)N[C@@H](CCCCN)C(=O)NCC(=O)NCC(=O)O. The van der Waals surface area contributed by atoms with E-state index in [1.807, 2.05) is 13.8 Å². The number of hydrogen-bond acceptors (Lipinski definition) is 8. The van der Waals surface area contributed by atoms with Gasteiger partial charge in [-0.2, -0.15) is 0 Å². The molecular formula is C22H43N7O6. The van der Waals surface area contributed by atoms with Crippen LogP contribution in [0.4, 0.5) is 0 Å². The van der Waals surface area contributed by atoms with E-state index in [1.165, 1.54) is 0 Å². The molecule has 0 spiro atoms. The van der Waals surface area contributed by atoms with Crippen molar-refractivity contribution in [2.45, 2.75) is 76.9 Å². The second-order valence-electron chi connectivity index (χ2n) is 8.82. The molecule has 3 atom stereocenters. The molecule has 0 aliphatic heterocycles. The summed E-state index contributed by atoms with van der Waals surface area (Å²) in [5.41, 5.74) is 16.9. The average molecular weight is 502 g/mol. The first-order chi connectivity index (χ1) is 16.5. The van der Waals surface area contributed by atoms with E-state index < -0.39 is 60.8 Å². The van der Waals surface area contributed by atoms with Gasteiger partial charge < -0.3 is 43.6 Å². The van der Waals surface area contributed by atoms with E-state index in [-0.39, 0.29) is 12.3 Å². The maximum atomic E-state index is 13.0. The van der Waals surface area contributed by atoms with Crippen molar-refractivity contribution in [1.82, 2.24) is 21.3 Å². The number of unbranched alkanes of at least 4 members (excludes halogenated alkanes) is 2. The molecule has 0 saturated carbocycles. The van der Waals surface area contributed by atoms with Gasteiger partial charge in [0.15, 0.2) is 0 Å². The molecule has 13 nitrogen and oxygen atoms in total. The summed E-state index contributed by atoms with van der Waals surface area (Å²) in [5, 5.41) is 18.5. The fourth-order valence-electron chi connectivity index (χ4n) is 3.18. The molecule has 0 radical (unpaired) electrons. The summed E-state index contributed by atoms with van der Waals surface area (Å²) in [5.74, 6) is -3.42. The quantitative estimate of drug-likeness (QED) is 0.0904. The Bertz CT molecular complexity index is 689. The predicted octanol–water partition coefficient (Wildman–Crippen LogP) is -2.10. The Labute approximate surface area is 206 Å². The standard InChI is InChI=1S/C22H43N7O6/c1-14(2)11-17(29-20(33)15(25)7-3-5-9-23)22(35)28-16(8-4-6-10-24)21(34)27-12-18(30)26-13-19(31)32/h14-17H,3-13,23-25H2,1-2H3,(H,26,30)(H,27,34)(H,28,35)(H,29,33)(H,31,32)/t15-,16-,17-/m0/s1. The van der Waals surface area contributed by atoms with E-state index in [0.29, 0.717) is 45.2 Å². The molecule has 0 saturated heterocycles. The van der Waals surface area contributed by atoms with Crippen LogP contribution in [0.25, 0.3) is 0 Å². The van der Waals surface area contributed by atoms with Gasteiger partial charge in [0.1, 0.15) is 18.6 Å². The van der Waals surface area contributed by atoms with Crippen LogP contribution in [-0.4, -0.2) is 79.0 Å². The van der Waals surface area contributed by atoms with Gasteiger partial charge in [-0.1, -0.05) is 20.3 Å². The molecule has 0 aliphatic carbocycles. The maximum absolute atomic E-state index is 13.0. The molecule has 0 aromatic heterocycles. The smallest absolute Gasteiger partial charge is 0.322 e. The van der Waals surface area contributed by atoms with Crippen LogP contribution >= 0.6 is 0 Å². The van der Waals surface area contributed by atoms with E-state index in [4.69, 9.17) is 22.3 Å². The Morgan fingerprint density at radius 2 is 1.31 bits per heavy atom. The van der Waals surface area contributed by atoms with Crippen molar-refractivity contribution < 1.29 is 29.1 Å². The van der Waals surface area contributed by atoms with Gasteiger partial charge in [-0.05, 0) is 57.5 Å². The lowest BCUT2D eigenvalue weighted by atomic mass is 10.0. The molecule has 0 unspecified atom stereocenters. The van der Waals surface area contributed by atoms with Crippen molar-refractivity contribution in [1.29, 1.82) is 0 Å². The Morgan fingerprint density at radius 1 is 0.743 bits per heavy atom. The number of carbonyl (C=O) groups excluding carboxylic acids is 4. The first kappa shape index (κ1) is 32.2. The van der Waals surface area contributed by atoms with Gasteiger partial charge >= 0.3 is 5.97 Å². The van der Waals surface area contributed by atoms with Crippen molar-refractivity contribution >= 4 is 29.6 Å². The first-order valence-corrected chi connectivity index (χ1v) is 12.0. The summed E-state index contributed by atoms with van der Waals surface area (Å²) >= 11 is 0. The topological polar surface area (TPSA) is 232 Å². The Hall–Kier alpha value is -2.77. The van der Waals surface area contributed by atoms with Crippen LogP contribution in [0, 0.1) is 5.92 Å². The van der Waals surface area contributed by atoms with Crippen molar-refractivity contribution in [2.75, 3.05) is 26.2 Å². The highest BCUT2D eigenvalue weighted by atomic mass is 16.4. The van der Waals surface area contributed by atoms with Gasteiger partial charge in [0, 0.05) is 0 Å². The summed E-state index contributed by atoms with van der Waals surface area (Å²) in [7, 11) is 0. The van der Waals surface area contributed by atoms with Crippen molar-refractivity contribution in [3.8, 4) is 0 Å². The molecule has 13 heteroatoms. The molecule has 0 aromatic rings. The van der Waals surface area contributed by atoms with Crippen molar-refractivity contribution in [3.63, 3.8) is 0 Å². The fourth-order valence-corrected chi connectivity index (χ4v) is 3.18. The van der Waals surface area contributed by atoms with Gasteiger partial charge in [-0.25, -0.2) is 0 Å². The van der Waals surface area contributed by atoms with Crippen LogP contribution in [0.1, 0.15) is 58.8 Å². The number of carboxylic acids is 1. The van der Waals surface area contributed by atoms with Crippen LogP contribution in [0.15, 0.2) is 0 Å². The number of nitrogens with two attached hydrogens (primary N) is 3. The number of aliphatic carboxylic acids is 1. The van der Waals surface area contributed by atoms with Gasteiger partial charge in [0.2, 0.25) is 23.6 Å². The third-order valence-electron chi connectivity index (χ3n) is 5.09. The van der Waals surface area contributed by atoms with Gasteiger partial charge in [0.25, 0.3) is 0 Å². The zero-order chi connectivity index (χ0) is 26.8. The van der Waals surface area contributed by atoms with Crippen LogP contribution < -0.4 is 38.5 Å².